The molecular formula is C33H32N2O10. The summed E-state index contributed by atoms with van der Waals surface area (Å²) in [5.41, 5.74) is -2.62. The maximum absolute atomic E-state index is 13.4. The lowest BCUT2D eigenvalue weighted by atomic mass is 9.62. The van der Waals surface area contributed by atoms with Crippen LogP contribution in [0.5, 0.6) is 5.75 Å². The second-order valence-electron chi connectivity index (χ2n) is 11.7. The number of aromatic nitrogens is 1. The van der Waals surface area contributed by atoms with Gasteiger partial charge in [-0.15, -0.1) is 0 Å². The van der Waals surface area contributed by atoms with Crippen LogP contribution in [0, 0.1) is 23.2 Å². The van der Waals surface area contributed by atoms with E-state index in [0.717, 1.165) is 0 Å². The van der Waals surface area contributed by atoms with Crippen molar-refractivity contribution in [3.63, 3.8) is 0 Å². The second-order valence-corrected chi connectivity index (χ2v) is 11.7. The number of aliphatic hydroxyl groups is 1. The molecule has 6 atom stereocenters. The Hall–Kier alpha value is -5.02. The van der Waals surface area contributed by atoms with Gasteiger partial charge < -0.3 is 28.5 Å². The molecule has 2 aliphatic rings. The Morgan fingerprint density at radius 2 is 1.89 bits per heavy atom. The van der Waals surface area contributed by atoms with Gasteiger partial charge in [-0.2, -0.15) is 5.26 Å². The number of nitrogens with zero attached hydrogens (tertiary/aromatic N) is 2. The molecule has 2 aromatic heterocycles. The lowest BCUT2D eigenvalue weighted by Gasteiger charge is -2.54. The van der Waals surface area contributed by atoms with E-state index in [1.165, 1.54) is 50.4 Å². The molecule has 1 fully saturated rings. The molecule has 1 N–H and O–H groups in total. The van der Waals surface area contributed by atoms with Crippen molar-refractivity contribution in [2.45, 2.75) is 63.9 Å². The van der Waals surface area contributed by atoms with Gasteiger partial charge >= 0.3 is 23.5 Å². The monoisotopic (exact) mass is 616 g/mol. The highest BCUT2D eigenvalue weighted by Gasteiger charge is 2.60. The predicted octanol–water partition coefficient (Wildman–Crippen LogP) is 3.89. The van der Waals surface area contributed by atoms with E-state index in [9.17, 15) is 24.3 Å². The summed E-state index contributed by atoms with van der Waals surface area (Å²) in [5.74, 6) is -3.18. The predicted molar refractivity (Wildman–Crippen MR) is 156 cm³/mol. The first kappa shape index (κ1) is 31.4. The molecule has 0 saturated heterocycles. The summed E-state index contributed by atoms with van der Waals surface area (Å²) < 4.78 is 29.1. The maximum Gasteiger partial charge on any atom is 0.345 e. The van der Waals surface area contributed by atoms with Gasteiger partial charge in [0.15, 0.2) is 0 Å². The van der Waals surface area contributed by atoms with Crippen molar-refractivity contribution in [3.8, 4) is 23.1 Å². The number of benzene rings is 1. The summed E-state index contributed by atoms with van der Waals surface area (Å²) in [6, 6.07) is 12.8. The third-order valence-corrected chi connectivity index (χ3v) is 8.62. The zero-order chi connectivity index (χ0) is 32.5. The first-order valence-corrected chi connectivity index (χ1v) is 14.3. The fourth-order valence-corrected chi connectivity index (χ4v) is 6.22. The molecule has 0 radical (unpaired) electrons. The molecule has 0 amide bonds. The van der Waals surface area contributed by atoms with E-state index in [1.807, 2.05) is 6.07 Å². The summed E-state index contributed by atoms with van der Waals surface area (Å²) in [4.78, 5) is 54.7. The van der Waals surface area contributed by atoms with Crippen molar-refractivity contribution in [1.82, 2.24) is 4.98 Å². The van der Waals surface area contributed by atoms with Crippen molar-refractivity contribution in [2.24, 2.45) is 11.8 Å². The average molecular weight is 617 g/mol. The first-order valence-electron chi connectivity index (χ1n) is 14.3. The minimum atomic E-state index is -1.42. The molecule has 3 heterocycles. The number of hydrogen-bond acceptors (Lipinski definition) is 12. The van der Waals surface area contributed by atoms with Crippen molar-refractivity contribution in [1.29, 1.82) is 5.26 Å². The van der Waals surface area contributed by atoms with E-state index in [0.29, 0.717) is 11.1 Å². The second kappa shape index (κ2) is 12.2. The van der Waals surface area contributed by atoms with Crippen LogP contribution in [0.3, 0.4) is 0 Å². The van der Waals surface area contributed by atoms with Gasteiger partial charge in [0, 0.05) is 49.7 Å². The number of fused-ring (bicyclic) bond motifs is 2. The van der Waals surface area contributed by atoms with Crippen LogP contribution in [0.1, 0.15) is 68.1 Å². The Morgan fingerprint density at radius 1 is 1.16 bits per heavy atom. The van der Waals surface area contributed by atoms with Gasteiger partial charge in [-0.1, -0.05) is 0 Å². The molecule has 1 unspecified atom stereocenters. The summed E-state index contributed by atoms with van der Waals surface area (Å²) in [5, 5.41) is 20.9. The molecule has 1 aliphatic carbocycles. The van der Waals surface area contributed by atoms with Gasteiger partial charge in [-0.25, -0.2) is 9.59 Å². The fourth-order valence-electron chi connectivity index (χ4n) is 6.22. The lowest BCUT2D eigenvalue weighted by molar-refractivity contribution is -0.205. The number of hydrogen-bond donors (Lipinski definition) is 1. The number of carbonyl (C=O) groups is 3. The molecule has 0 bridgehead atoms. The summed E-state index contributed by atoms with van der Waals surface area (Å²) in [6.07, 6.45) is 0.833. The third-order valence-electron chi connectivity index (χ3n) is 8.62. The van der Waals surface area contributed by atoms with Crippen LogP contribution < -0.4 is 10.4 Å². The van der Waals surface area contributed by atoms with Gasteiger partial charge in [0.1, 0.15) is 41.0 Å². The number of rotatable bonds is 7. The highest BCUT2D eigenvalue weighted by Crippen LogP contribution is 2.54. The topological polar surface area (TPSA) is 175 Å². The van der Waals surface area contributed by atoms with E-state index in [4.69, 9.17) is 28.6 Å². The SMILES string of the molecule is CC(=O)OCC(C)(OC(C)=O)[C@@H]1C[C@H](OC(=O)c2ccc(C#N)cc2)[C@@]2(C)Oc3cc(-c4cccnc4)oc(=O)c3[C@@H](O)[C@@H]2C1. The first-order chi connectivity index (χ1) is 21.3. The molecule has 12 nitrogen and oxygen atoms in total. The Labute approximate surface area is 258 Å². The quantitative estimate of drug-likeness (QED) is 0.300. The maximum atomic E-state index is 13.4. The van der Waals surface area contributed by atoms with Gasteiger partial charge in [0.05, 0.1) is 23.3 Å². The molecule has 5 rings (SSSR count). The summed E-state index contributed by atoms with van der Waals surface area (Å²) in [6.45, 7) is 5.44. The van der Waals surface area contributed by atoms with Crippen molar-refractivity contribution >= 4 is 17.9 Å². The van der Waals surface area contributed by atoms with Gasteiger partial charge in [0.25, 0.3) is 0 Å². The zero-order valence-corrected chi connectivity index (χ0v) is 25.1. The highest BCUT2D eigenvalue weighted by molar-refractivity contribution is 5.89. The third kappa shape index (κ3) is 6.17. The van der Waals surface area contributed by atoms with Crippen molar-refractivity contribution in [2.75, 3.05) is 6.61 Å². The smallest absolute Gasteiger partial charge is 0.345 e. The number of carbonyl (C=O) groups excluding carboxylic acids is 3. The largest absolute Gasteiger partial charge is 0.482 e. The van der Waals surface area contributed by atoms with E-state index >= 15 is 0 Å². The van der Waals surface area contributed by atoms with Crippen LogP contribution in [0.2, 0.25) is 0 Å². The molecule has 0 spiro atoms. The van der Waals surface area contributed by atoms with Crippen molar-refractivity contribution < 1.29 is 42.9 Å². The van der Waals surface area contributed by atoms with Crippen LogP contribution in [0.25, 0.3) is 11.3 Å². The highest BCUT2D eigenvalue weighted by atomic mass is 16.6. The van der Waals surface area contributed by atoms with E-state index in [1.54, 1.807) is 32.2 Å². The van der Waals surface area contributed by atoms with E-state index in [2.05, 4.69) is 4.98 Å². The fraction of sp³-hybridized carbons (Fsp3) is 0.394. The molecule has 12 heteroatoms. The number of aliphatic hydroxyl groups excluding tert-OH is 1. The van der Waals surface area contributed by atoms with Crippen LogP contribution in [-0.2, 0) is 23.8 Å². The van der Waals surface area contributed by atoms with Gasteiger partial charge in [0.2, 0.25) is 0 Å². The standard InChI is InChI=1S/C33H32N2O10/c1-18(36)41-17-32(3,44-19(2)37)23-12-24-29(38)28-26(14-25(42-31(28)40)22-6-5-11-35-16-22)45-33(24,4)27(13-23)43-30(39)21-9-7-20(15-34)8-10-21/h5-11,14,16,23-24,27,29,38H,12-13,17H2,1-4H3/t23-,24-,27-,29-,32?,33-/m0/s1. The number of ether oxygens (including phenoxy) is 4. The number of nitriles is 1. The van der Waals surface area contributed by atoms with Crippen LogP contribution >= 0.6 is 0 Å². The van der Waals surface area contributed by atoms with Gasteiger partial charge in [-0.3, -0.25) is 14.6 Å². The summed E-state index contributed by atoms with van der Waals surface area (Å²) in [7, 11) is 0. The van der Waals surface area contributed by atoms with Crippen LogP contribution in [0.4, 0.5) is 0 Å². The molecule has 3 aromatic rings. The Morgan fingerprint density at radius 3 is 2.51 bits per heavy atom. The summed E-state index contributed by atoms with van der Waals surface area (Å²) >= 11 is 0. The minimum absolute atomic E-state index is 0.0666. The zero-order valence-electron chi connectivity index (χ0n) is 25.1. The Balaban J connectivity index is 1.58. The molecule has 1 aromatic carbocycles. The number of pyridine rings is 1. The van der Waals surface area contributed by atoms with Crippen LogP contribution in [-0.4, -0.2) is 51.9 Å². The van der Waals surface area contributed by atoms with E-state index < -0.39 is 58.8 Å². The molecule has 45 heavy (non-hydrogen) atoms. The molecule has 234 valence electrons. The normalized spacial score (nSPS) is 24.8. The number of esters is 3. The van der Waals surface area contributed by atoms with Gasteiger partial charge in [-0.05, 0) is 63.1 Å². The molecule has 1 saturated carbocycles. The average Bonchev–Trinajstić information content (AvgIpc) is 3.00. The minimum Gasteiger partial charge on any atom is -0.482 e. The van der Waals surface area contributed by atoms with Crippen molar-refractivity contribution in [3.05, 3.63) is 82.0 Å². The Bertz CT molecular complexity index is 1710. The lowest BCUT2D eigenvalue weighted by Crippen LogP contribution is -2.63. The van der Waals surface area contributed by atoms with Crippen LogP contribution in [0.15, 0.2) is 64.1 Å². The molecule has 1 aliphatic heterocycles. The Kier molecular flexibility index (Phi) is 8.49. The molecular weight excluding hydrogens is 584 g/mol. The van der Waals surface area contributed by atoms with E-state index in [-0.39, 0.29) is 42.1 Å².